The minimum Gasteiger partial charge on any atom is -0.370 e. The summed E-state index contributed by atoms with van der Waals surface area (Å²) in [6, 6.07) is 8.35. The molecule has 4 heteroatoms. The number of nitriles is 1. The average Bonchev–Trinajstić information content (AvgIpc) is 2.39. The van der Waals surface area contributed by atoms with Gasteiger partial charge in [-0.05, 0) is 31.4 Å². The normalized spacial score (nSPS) is 15.9. The molecule has 0 atom stereocenters. The third-order valence-electron chi connectivity index (χ3n) is 3.58. The predicted octanol–water partition coefficient (Wildman–Crippen LogP) is 1.97. The monoisotopic (exact) mass is 257 g/mol. The first-order chi connectivity index (χ1) is 9.11. The molecule has 0 spiro atoms. The van der Waals surface area contributed by atoms with Crippen LogP contribution in [0.4, 0.5) is 5.69 Å². The fraction of sp³-hybridized carbons (Fsp3) is 0.467. The van der Waals surface area contributed by atoms with Crippen molar-refractivity contribution in [3.8, 4) is 6.07 Å². The first kappa shape index (κ1) is 13.4. The van der Waals surface area contributed by atoms with E-state index in [0.29, 0.717) is 0 Å². The quantitative estimate of drug-likeness (QED) is 0.881. The van der Waals surface area contributed by atoms with Crippen molar-refractivity contribution in [3.63, 3.8) is 0 Å². The molecule has 4 nitrogen and oxygen atoms in total. The third-order valence-corrected chi connectivity index (χ3v) is 3.58. The molecule has 100 valence electrons. The van der Waals surface area contributed by atoms with Gasteiger partial charge in [0.1, 0.15) is 6.07 Å². The number of carbonyl (C=O) groups excluding carboxylic acids is 1. The second-order valence-corrected chi connectivity index (χ2v) is 5.04. The summed E-state index contributed by atoms with van der Waals surface area (Å²) in [4.78, 5) is 13.3. The third kappa shape index (κ3) is 3.05. The highest BCUT2D eigenvalue weighted by molar-refractivity contribution is 5.73. The molecule has 2 rings (SSSR count). The molecule has 0 aromatic heterocycles. The molecule has 1 fully saturated rings. The Labute approximate surface area is 114 Å². The molecule has 1 N–H and O–H groups in total. The van der Waals surface area contributed by atoms with Gasteiger partial charge < -0.3 is 10.2 Å². The van der Waals surface area contributed by atoms with Gasteiger partial charge in [0.2, 0.25) is 5.91 Å². The van der Waals surface area contributed by atoms with Crippen LogP contribution >= 0.6 is 0 Å². The van der Waals surface area contributed by atoms with Crippen molar-refractivity contribution in [2.45, 2.75) is 32.7 Å². The van der Waals surface area contributed by atoms with Crippen LogP contribution in [-0.4, -0.2) is 25.0 Å². The minimum atomic E-state index is 0.0343. The lowest BCUT2D eigenvalue weighted by molar-refractivity contribution is -0.119. The van der Waals surface area contributed by atoms with Crippen molar-refractivity contribution in [1.29, 1.82) is 5.26 Å². The Balaban J connectivity index is 2.10. The number of piperidine rings is 1. The Morgan fingerprint density at radius 3 is 2.68 bits per heavy atom. The molecule has 0 bridgehead atoms. The highest BCUT2D eigenvalue weighted by Gasteiger charge is 2.22. The van der Waals surface area contributed by atoms with E-state index in [2.05, 4.69) is 16.3 Å². The van der Waals surface area contributed by atoms with E-state index in [1.807, 2.05) is 25.1 Å². The maximum atomic E-state index is 11.1. The van der Waals surface area contributed by atoms with Gasteiger partial charge in [-0.25, -0.2) is 0 Å². The molecule has 1 aromatic carbocycles. The molecular formula is C15H19N3O. The van der Waals surface area contributed by atoms with E-state index in [9.17, 15) is 10.1 Å². The van der Waals surface area contributed by atoms with Crippen molar-refractivity contribution in [2.75, 3.05) is 18.0 Å². The minimum absolute atomic E-state index is 0.0343. The Morgan fingerprint density at radius 2 is 2.11 bits per heavy atom. The number of nitrogens with zero attached hydrogens (tertiary/aromatic N) is 2. The Hall–Kier alpha value is -2.02. The lowest BCUT2D eigenvalue weighted by atomic mass is 10.0. The molecule has 1 saturated heterocycles. The van der Waals surface area contributed by atoms with Gasteiger partial charge in [0.15, 0.2) is 0 Å². The largest absolute Gasteiger partial charge is 0.370 e. The van der Waals surface area contributed by atoms with Crippen molar-refractivity contribution in [1.82, 2.24) is 5.32 Å². The van der Waals surface area contributed by atoms with Crippen LogP contribution in [0.15, 0.2) is 18.2 Å². The number of benzene rings is 1. The Bertz CT molecular complexity index is 511. The average molecular weight is 257 g/mol. The van der Waals surface area contributed by atoms with Crippen LogP contribution in [0.3, 0.4) is 0 Å². The van der Waals surface area contributed by atoms with E-state index >= 15 is 0 Å². The number of anilines is 1. The number of para-hydroxylation sites is 1. The van der Waals surface area contributed by atoms with Gasteiger partial charge in [-0.2, -0.15) is 5.26 Å². The van der Waals surface area contributed by atoms with Gasteiger partial charge in [0.25, 0.3) is 0 Å². The van der Waals surface area contributed by atoms with Crippen LogP contribution in [0.1, 0.15) is 30.9 Å². The van der Waals surface area contributed by atoms with Gasteiger partial charge in [-0.15, -0.1) is 0 Å². The Kier molecular flexibility index (Phi) is 4.06. The fourth-order valence-corrected chi connectivity index (χ4v) is 2.70. The summed E-state index contributed by atoms with van der Waals surface area (Å²) in [5.74, 6) is 0.0343. The maximum Gasteiger partial charge on any atom is 0.217 e. The van der Waals surface area contributed by atoms with Gasteiger partial charge in [0, 0.05) is 26.1 Å². The molecule has 1 aliphatic rings. The summed E-state index contributed by atoms with van der Waals surface area (Å²) < 4.78 is 0. The number of rotatable bonds is 2. The molecule has 1 heterocycles. The lowest BCUT2D eigenvalue weighted by Crippen LogP contribution is -2.44. The molecule has 1 aromatic rings. The van der Waals surface area contributed by atoms with Crippen molar-refractivity contribution < 1.29 is 4.79 Å². The molecule has 0 saturated carbocycles. The number of hydrogen-bond acceptors (Lipinski definition) is 3. The summed E-state index contributed by atoms with van der Waals surface area (Å²) in [7, 11) is 0. The molecule has 0 unspecified atom stereocenters. The number of aryl methyl sites for hydroxylation is 1. The number of nitrogens with one attached hydrogen (secondary N) is 1. The summed E-state index contributed by atoms with van der Waals surface area (Å²) in [5.41, 5.74) is 2.92. The molecule has 0 radical (unpaired) electrons. The zero-order chi connectivity index (χ0) is 13.8. The zero-order valence-electron chi connectivity index (χ0n) is 11.4. The fourth-order valence-electron chi connectivity index (χ4n) is 2.70. The van der Waals surface area contributed by atoms with Gasteiger partial charge >= 0.3 is 0 Å². The molecule has 0 aliphatic carbocycles. The summed E-state index contributed by atoms with van der Waals surface area (Å²) in [6.07, 6.45) is 1.86. The van der Waals surface area contributed by atoms with Crippen LogP contribution in [-0.2, 0) is 4.79 Å². The van der Waals surface area contributed by atoms with E-state index in [-0.39, 0.29) is 11.9 Å². The van der Waals surface area contributed by atoms with E-state index in [1.165, 1.54) is 0 Å². The van der Waals surface area contributed by atoms with Crippen molar-refractivity contribution in [2.24, 2.45) is 0 Å². The highest BCUT2D eigenvalue weighted by atomic mass is 16.1. The van der Waals surface area contributed by atoms with Crippen molar-refractivity contribution >= 4 is 11.6 Å². The standard InChI is InChI=1S/C15H19N3O/c1-11-4-3-5-13(10-16)15(11)18-8-6-14(7-9-18)17-12(2)19/h3-5,14H,6-9H2,1-2H3,(H,17,19). The second kappa shape index (κ2) is 5.75. The number of hydrogen-bond donors (Lipinski definition) is 1. The van der Waals surface area contributed by atoms with Gasteiger partial charge in [-0.3, -0.25) is 4.79 Å². The highest BCUT2D eigenvalue weighted by Crippen LogP contribution is 2.27. The predicted molar refractivity (Wildman–Crippen MR) is 74.9 cm³/mol. The molecular weight excluding hydrogens is 238 g/mol. The molecule has 1 aliphatic heterocycles. The first-order valence-corrected chi connectivity index (χ1v) is 6.63. The summed E-state index contributed by atoms with van der Waals surface area (Å²) >= 11 is 0. The smallest absolute Gasteiger partial charge is 0.217 e. The topological polar surface area (TPSA) is 56.1 Å². The molecule has 1 amide bonds. The first-order valence-electron chi connectivity index (χ1n) is 6.63. The number of amides is 1. The molecule has 19 heavy (non-hydrogen) atoms. The van der Waals surface area contributed by atoms with Gasteiger partial charge in [-0.1, -0.05) is 12.1 Å². The van der Waals surface area contributed by atoms with E-state index in [0.717, 1.165) is 42.7 Å². The SMILES string of the molecule is CC(=O)NC1CCN(c2c(C)cccc2C#N)CC1. The zero-order valence-corrected chi connectivity index (χ0v) is 11.4. The van der Waals surface area contributed by atoms with Crippen LogP contribution in [0.5, 0.6) is 0 Å². The van der Waals surface area contributed by atoms with Crippen molar-refractivity contribution in [3.05, 3.63) is 29.3 Å². The van der Waals surface area contributed by atoms with Crippen LogP contribution < -0.4 is 10.2 Å². The van der Waals surface area contributed by atoms with E-state index in [4.69, 9.17) is 0 Å². The summed E-state index contributed by atoms with van der Waals surface area (Å²) in [6.45, 7) is 5.35. The lowest BCUT2D eigenvalue weighted by Gasteiger charge is -2.35. The summed E-state index contributed by atoms with van der Waals surface area (Å²) in [5, 5.41) is 12.2. The van der Waals surface area contributed by atoms with Gasteiger partial charge in [0.05, 0.1) is 11.3 Å². The number of carbonyl (C=O) groups is 1. The Morgan fingerprint density at radius 1 is 1.42 bits per heavy atom. The van der Waals surface area contributed by atoms with E-state index < -0.39 is 0 Å². The van der Waals surface area contributed by atoms with Crippen LogP contribution in [0.2, 0.25) is 0 Å². The maximum absolute atomic E-state index is 11.1. The van der Waals surface area contributed by atoms with E-state index in [1.54, 1.807) is 6.92 Å². The van der Waals surface area contributed by atoms with Crippen LogP contribution in [0.25, 0.3) is 0 Å². The van der Waals surface area contributed by atoms with Crippen LogP contribution in [0, 0.1) is 18.3 Å². The second-order valence-electron chi connectivity index (χ2n) is 5.04.